The van der Waals surface area contributed by atoms with E-state index in [1.165, 1.54) is 29.2 Å². The Morgan fingerprint density at radius 2 is 1.96 bits per heavy atom. The third-order valence-electron chi connectivity index (χ3n) is 3.37. The Morgan fingerprint density at radius 1 is 1.22 bits per heavy atom. The lowest BCUT2D eigenvalue weighted by Gasteiger charge is -2.13. The van der Waals surface area contributed by atoms with Crippen molar-refractivity contribution in [2.45, 2.75) is 0 Å². The van der Waals surface area contributed by atoms with E-state index in [0.29, 0.717) is 17.1 Å². The molecule has 1 aliphatic heterocycles. The van der Waals surface area contributed by atoms with Crippen LogP contribution < -0.4 is 15.0 Å². The van der Waals surface area contributed by atoms with Crippen LogP contribution in [-0.4, -0.2) is 18.1 Å². The quantitative estimate of drug-likeness (QED) is 0.694. The first-order chi connectivity index (χ1) is 11.1. The van der Waals surface area contributed by atoms with Crippen LogP contribution in [0.3, 0.4) is 0 Å². The molecule has 0 unspecified atom stereocenters. The fourth-order valence-electron chi connectivity index (χ4n) is 2.26. The van der Waals surface area contributed by atoms with Crippen molar-refractivity contribution in [1.82, 2.24) is 5.32 Å². The van der Waals surface area contributed by atoms with E-state index in [1.54, 1.807) is 13.2 Å². The third-order valence-corrected chi connectivity index (χ3v) is 3.65. The van der Waals surface area contributed by atoms with Crippen molar-refractivity contribution < 1.29 is 13.9 Å². The number of rotatable bonds is 3. The molecule has 0 bridgehead atoms. The first kappa shape index (κ1) is 15.2. The van der Waals surface area contributed by atoms with Crippen molar-refractivity contribution >= 4 is 35.0 Å². The monoisotopic (exact) mass is 328 g/mol. The highest BCUT2D eigenvalue weighted by atomic mass is 32.1. The molecule has 0 aromatic heterocycles. The van der Waals surface area contributed by atoms with Gasteiger partial charge in [-0.3, -0.25) is 9.69 Å². The van der Waals surface area contributed by atoms with Crippen molar-refractivity contribution in [3.05, 3.63) is 65.6 Å². The van der Waals surface area contributed by atoms with Gasteiger partial charge in [0.25, 0.3) is 5.91 Å². The van der Waals surface area contributed by atoms with Crippen LogP contribution in [0.1, 0.15) is 5.56 Å². The second-order valence-corrected chi connectivity index (χ2v) is 5.27. The number of carbonyl (C=O) groups excluding carboxylic acids is 1. The van der Waals surface area contributed by atoms with E-state index in [9.17, 15) is 9.18 Å². The molecule has 0 saturated carbocycles. The van der Waals surface area contributed by atoms with Gasteiger partial charge in [0.2, 0.25) is 0 Å². The molecule has 1 saturated heterocycles. The number of halogens is 1. The van der Waals surface area contributed by atoms with E-state index in [1.807, 2.05) is 24.3 Å². The van der Waals surface area contributed by atoms with Crippen molar-refractivity contribution in [3.63, 3.8) is 0 Å². The van der Waals surface area contributed by atoms with E-state index < -0.39 is 0 Å². The van der Waals surface area contributed by atoms with E-state index >= 15 is 0 Å². The molecular weight excluding hydrogens is 315 g/mol. The second kappa shape index (κ2) is 6.18. The van der Waals surface area contributed by atoms with Crippen molar-refractivity contribution in [1.29, 1.82) is 0 Å². The van der Waals surface area contributed by atoms with Gasteiger partial charge in [0.1, 0.15) is 17.3 Å². The number of hydrogen-bond acceptors (Lipinski definition) is 3. The summed E-state index contributed by atoms with van der Waals surface area (Å²) in [4.78, 5) is 13.9. The standard InChI is InChI=1S/C17H13FN2O2S/c1-22-14-4-2-3-11(9-14)10-15-16(21)20(17(23)19-15)13-7-5-12(18)6-8-13/h2-10H,1H3,(H,19,23)/b15-10+. The lowest BCUT2D eigenvalue weighted by molar-refractivity contribution is -0.113. The summed E-state index contributed by atoms with van der Waals surface area (Å²) in [7, 11) is 1.58. The number of ether oxygens (including phenoxy) is 1. The number of carbonyl (C=O) groups is 1. The number of amides is 1. The number of thiocarbonyl (C=S) groups is 1. The Labute approximate surface area is 138 Å². The summed E-state index contributed by atoms with van der Waals surface area (Å²) >= 11 is 5.21. The zero-order chi connectivity index (χ0) is 16.4. The van der Waals surface area contributed by atoms with Crippen molar-refractivity contribution in [3.8, 4) is 5.75 Å². The van der Waals surface area contributed by atoms with Crippen LogP contribution in [0.2, 0.25) is 0 Å². The molecule has 0 atom stereocenters. The van der Waals surface area contributed by atoms with Crippen LogP contribution in [0.4, 0.5) is 10.1 Å². The number of anilines is 1. The van der Waals surface area contributed by atoms with Gasteiger partial charge in [-0.05, 0) is 60.3 Å². The number of methoxy groups -OCH3 is 1. The van der Waals surface area contributed by atoms with E-state index in [2.05, 4.69) is 5.32 Å². The van der Waals surface area contributed by atoms with Crippen LogP contribution in [0.15, 0.2) is 54.2 Å². The Kier molecular flexibility index (Phi) is 4.08. The summed E-state index contributed by atoms with van der Waals surface area (Å²) in [5, 5.41) is 3.15. The third kappa shape index (κ3) is 3.07. The van der Waals surface area contributed by atoms with Crippen LogP contribution in [0.5, 0.6) is 5.75 Å². The van der Waals surface area contributed by atoms with Crippen LogP contribution in [0.25, 0.3) is 6.08 Å². The molecule has 6 heteroatoms. The van der Waals surface area contributed by atoms with Gasteiger partial charge in [-0.1, -0.05) is 12.1 Å². The number of nitrogens with zero attached hydrogens (tertiary/aromatic N) is 1. The van der Waals surface area contributed by atoms with E-state index in [-0.39, 0.29) is 16.8 Å². The summed E-state index contributed by atoms with van der Waals surface area (Å²) in [6.45, 7) is 0. The molecule has 1 N–H and O–H groups in total. The Morgan fingerprint density at radius 3 is 2.65 bits per heavy atom. The highest BCUT2D eigenvalue weighted by molar-refractivity contribution is 7.80. The maximum Gasteiger partial charge on any atom is 0.281 e. The predicted octanol–water partition coefficient (Wildman–Crippen LogP) is 3.10. The molecule has 2 aromatic rings. The van der Waals surface area contributed by atoms with Crippen LogP contribution in [0, 0.1) is 5.82 Å². The molecule has 1 heterocycles. The predicted molar refractivity (Wildman–Crippen MR) is 90.6 cm³/mol. The van der Waals surface area contributed by atoms with Gasteiger partial charge < -0.3 is 10.1 Å². The number of nitrogens with one attached hydrogen (secondary N) is 1. The Balaban J connectivity index is 1.91. The molecule has 1 fully saturated rings. The molecule has 1 aliphatic rings. The number of benzene rings is 2. The normalized spacial score (nSPS) is 15.9. The van der Waals surface area contributed by atoms with Gasteiger partial charge >= 0.3 is 0 Å². The first-order valence-electron chi connectivity index (χ1n) is 6.85. The topological polar surface area (TPSA) is 41.6 Å². The minimum atomic E-state index is -0.369. The summed E-state index contributed by atoms with van der Waals surface area (Å²) in [5.74, 6) is 0.0404. The van der Waals surface area contributed by atoms with Gasteiger partial charge in [0.15, 0.2) is 5.11 Å². The average Bonchev–Trinajstić information content (AvgIpc) is 2.83. The molecule has 0 radical (unpaired) electrons. The van der Waals surface area contributed by atoms with Crippen LogP contribution >= 0.6 is 12.2 Å². The van der Waals surface area contributed by atoms with Crippen molar-refractivity contribution in [2.24, 2.45) is 0 Å². The molecule has 23 heavy (non-hydrogen) atoms. The SMILES string of the molecule is COc1cccc(/C=C2/NC(=S)N(c3ccc(F)cc3)C2=O)c1. The Hall–Kier alpha value is -2.73. The fraction of sp³-hybridized carbons (Fsp3) is 0.0588. The van der Waals surface area contributed by atoms with Crippen molar-refractivity contribution in [2.75, 3.05) is 12.0 Å². The summed E-state index contributed by atoms with van der Waals surface area (Å²) < 4.78 is 18.2. The maximum absolute atomic E-state index is 13.0. The zero-order valence-electron chi connectivity index (χ0n) is 12.2. The Bertz CT molecular complexity index is 802. The smallest absolute Gasteiger partial charge is 0.281 e. The highest BCUT2D eigenvalue weighted by Gasteiger charge is 2.31. The van der Waals surface area contributed by atoms with Gasteiger partial charge in [-0.25, -0.2) is 4.39 Å². The molecule has 4 nitrogen and oxygen atoms in total. The molecular formula is C17H13FN2O2S. The second-order valence-electron chi connectivity index (χ2n) is 4.88. The highest BCUT2D eigenvalue weighted by Crippen LogP contribution is 2.23. The zero-order valence-corrected chi connectivity index (χ0v) is 13.1. The van der Waals surface area contributed by atoms with Gasteiger partial charge in [0, 0.05) is 0 Å². The van der Waals surface area contributed by atoms with Crippen LogP contribution in [-0.2, 0) is 4.79 Å². The summed E-state index contributed by atoms with van der Waals surface area (Å²) in [6.07, 6.45) is 1.70. The molecule has 0 aliphatic carbocycles. The lowest BCUT2D eigenvalue weighted by Crippen LogP contribution is -2.30. The minimum Gasteiger partial charge on any atom is -0.497 e. The molecule has 2 aromatic carbocycles. The average molecular weight is 328 g/mol. The molecule has 116 valence electrons. The lowest BCUT2D eigenvalue weighted by atomic mass is 10.2. The van der Waals surface area contributed by atoms with E-state index in [4.69, 9.17) is 17.0 Å². The van der Waals surface area contributed by atoms with Gasteiger partial charge in [-0.2, -0.15) is 0 Å². The fourth-order valence-corrected chi connectivity index (χ4v) is 2.56. The molecule has 1 amide bonds. The van der Waals surface area contributed by atoms with Gasteiger partial charge in [-0.15, -0.1) is 0 Å². The number of hydrogen-bond donors (Lipinski definition) is 1. The minimum absolute atomic E-state index is 0.260. The maximum atomic E-state index is 13.0. The molecule has 0 spiro atoms. The first-order valence-corrected chi connectivity index (χ1v) is 7.26. The molecule has 3 rings (SSSR count). The van der Waals surface area contributed by atoms with Gasteiger partial charge in [0.05, 0.1) is 12.8 Å². The largest absolute Gasteiger partial charge is 0.497 e. The summed E-state index contributed by atoms with van der Waals surface area (Å²) in [5.41, 5.74) is 1.68. The summed E-state index contributed by atoms with van der Waals surface area (Å²) in [6, 6.07) is 12.9. The van der Waals surface area contributed by atoms with E-state index in [0.717, 1.165) is 5.56 Å².